The van der Waals surface area contributed by atoms with Gasteiger partial charge in [-0.2, -0.15) is 10.4 Å². The van der Waals surface area contributed by atoms with Crippen LogP contribution in [-0.2, 0) is 12.0 Å². The summed E-state index contributed by atoms with van der Waals surface area (Å²) in [6, 6.07) is 10.4. The molecular formula is C16H20N4. The summed E-state index contributed by atoms with van der Waals surface area (Å²) < 4.78 is 1.72. The number of hydrogen-bond donors (Lipinski definition) is 1. The highest BCUT2D eigenvalue weighted by Crippen LogP contribution is 2.28. The van der Waals surface area contributed by atoms with Crippen molar-refractivity contribution in [1.29, 1.82) is 5.26 Å². The molecule has 0 spiro atoms. The average Bonchev–Trinajstić information content (AvgIpc) is 2.66. The fourth-order valence-corrected chi connectivity index (χ4v) is 2.21. The first-order valence-electron chi connectivity index (χ1n) is 6.65. The first-order valence-corrected chi connectivity index (χ1v) is 6.65. The van der Waals surface area contributed by atoms with Crippen LogP contribution in [0.15, 0.2) is 24.3 Å². The summed E-state index contributed by atoms with van der Waals surface area (Å²) in [5.74, 6) is 0.443. The summed E-state index contributed by atoms with van der Waals surface area (Å²) in [5, 5.41) is 13.8. The fraction of sp³-hybridized carbons (Fsp3) is 0.375. The van der Waals surface area contributed by atoms with Crippen LogP contribution in [0.1, 0.15) is 43.2 Å². The standard InChI is InChI=1S/C16H20N4/c1-11-6-5-7-12(8-11)10-20-15(18)13(9-17)14(19-20)16(2,3)4/h5-8H,10,18H2,1-4H3. The molecule has 0 radical (unpaired) electrons. The SMILES string of the molecule is Cc1cccc(Cn2nc(C(C)(C)C)c(C#N)c2N)c1. The second-order valence-corrected chi connectivity index (χ2v) is 6.12. The first-order chi connectivity index (χ1) is 9.32. The molecule has 1 aromatic heterocycles. The number of nitrogens with two attached hydrogens (primary N) is 1. The molecule has 0 aliphatic carbocycles. The lowest BCUT2D eigenvalue weighted by Gasteiger charge is -2.15. The summed E-state index contributed by atoms with van der Waals surface area (Å²) >= 11 is 0. The molecule has 1 heterocycles. The Morgan fingerprint density at radius 1 is 1.35 bits per heavy atom. The smallest absolute Gasteiger partial charge is 0.140 e. The molecule has 0 aliphatic heterocycles. The topological polar surface area (TPSA) is 67.6 Å². The number of nitriles is 1. The predicted octanol–water partition coefficient (Wildman–Crippen LogP) is 2.99. The highest BCUT2D eigenvalue weighted by molar-refractivity contribution is 5.54. The fourth-order valence-electron chi connectivity index (χ4n) is 2.21. The van der Waals surface area contributed by atoms with Gasteiger partial charge >= 0.3 is 0 Å². The predicted molar refractivity (Wildman–Crippen MR) is 80.3 cm³/mol. The van der Waals surface area contributed by atoms with E-state index in [-0.39, 0.29) is 5.41 Å². The van der Waals surface area contributed by atoms with Gasteiger partial charge in [0, 0.05) is 5.41 Å². The number of rotatable bonds is 2. The van der Waals surface area contributed by atoms with Crippen LogP contribution < -0.4 is 5.73 Å². The van der Waals surface area contributed by atoms with Crippen LogP contribution in [0.25, 0.3) is 0 Å². The van der Waals surface area contributed by atoms with Crippen LogP contribution in [-0.4, -0.2) is 9.78 Å². The zero-order chi connectivity index (χ0) is 14.9. The van der Waals surface area contributed by atoms with Crippen molar-refractivity contribution in [2.75, 3.05) is 5.73 Å². The normalized spacial score (nSPS) is 11.3. The van der Waals surface area contributed by atoms with Gasteiger partial charge < -0.3 is 5.73 Å². The Morgan fingerprint density at radius 2 is 2.05 bits per heavy atom. The molecule has 0 fully saturated rings. The van der Waals surface area contributed by atoms with Gasteiger partial charge in [-0.25, -0.2) is 4.68 Å². The Morgan fingerprint density at radius 3 is 2.55 bits per heavy atom. The van der Waals surface area contributed by atoms with Crippen LogP contribution in [0.3, 0.4) is 0 Å². The van der Waals surface area contributed by atoms with Gasteiger partial charge in [-0.1, -0.05) is 50.6 Å². The molecule has 4 nitrogen and oxygen atoms in total. The maximum atomic E-state index is 9.30. The molecule has 0 unspecified atom stereocenters. The number of aromatic nitrogens is 2. The van der Waals surface area contributed by atoms with Gasteiger partial charge in [-0.3, -0.25) is 0 Å². The van der Waals surface area contributed by atoms with Gasteiger partial charge in [0.1, 0.15) is 17.5 Å². The maximum absolute atomic E-state index is 9.30. The molecule has 0 bridgehead atoms. The lowest BCUT2D eigenvalue weighted by molar-refractivity contribution is 0.545. The molecule has 0 aliphatic rings. The number of nitrogens with zero attached hydrogens (tertiary/aromatic N) is 3. The molecule has 0 atom stereocenters. The Kier molecular flexibility index (Phi) is 3.54. The summed E-state index contributed by atoms with van der Waals surface area (Å²) in [5.41, 5.74) is 9.45. The maximum Gasteiger partial charge on any atom is 0.140 e. The van der Waals surface area contributed by atoms with E-state index in [2.05, 4.69) is 30.2 Å². The van der Waals surface area contributed by atoms with E-state index >= 15 is 0 Å². The Balaban J connectivity index is 2.44. The Bertz CT molecular complexity index is 669. The van der Waals surface area contributed by atoms with Crippen LogP contribution in [0.4, 0.5) is 5.82 Å². The third-order valence-corrected chi connectivity index (χ3v) is 3.23. The molecule has 0 amide bonds. The summed E-state index contributed by atoms with van der Waals surface area (Å²) in [7, 11) is 0. The van der Waals surface area contributed by atoms with Crippen molar-refractivity contribution in [3.05, 3.63) is 46.6 Å². The van der Waals surface area contributed by atoms with E-state index in [1.807, 2.05) is 32.9 Å². The van der Waals surface area contributed by atoms with E-state index < -0.39 is 0 Å². The Hall–Kier alpha value is -2.28. The minimum absolute atomic E-state index is 0.197. The zero-order valence-corrected chi connectivity index (χ0v) is 12.4. The number of nitrogen functional groups attached to an aromatic ring is 1. The zero-order valence-electron chi connectivity index (χ0n) is 12.4. The van der Waals surface area contributed by atoms with Gasteiger partial charge in [0.05, 0.1) is 12.2 Å². The molecule has 20 heavy (non-hydrogen) atoms. The molecule has 0 saturated heterocycles. The number of aryl methyl sites for hydroxylation is 1. The van der Waals surface area contributed by atoms with Crippen LogP contribution in [0.5, 0.6) is 0 Å². The molecule has 2 rings (SSSR count). The molecular weight excluding hydrogens is 248 g/mol. The van der Waals surface area contributed by atoms with Crippen molar-refractivity contribution in [2.45, 2.75) is 39.7 Å². The van der Waals surface area contributed by atoms with Crippen molar-refractivity contribution in [3.63, 3.8) is 0 Å². The molecule has 1 aromatic carbocycles. The van der Waals surface area contributed by atoms with Gasteiger partial charge in [0.25, 0.3) is 0 Å². The van der Waals surface area contributed by atoms with Crippen molar-refractivity contribution in [2.24, 2.45) is 0 Å². The van der Waals surface area contributed by atoms with E-state index in [1.165, 1.54) is 5.56 Å². The molecule has 0 saturated carbocycles. The molecule has 104 valence electrons. The third-order valence-electron chi connectivity index (χ3n) is 3.23. The lowest BCUT2D eigenvalue weighted by atomic mass is 9.90. The highest BCUT2D eigenvalue weighted by atomic mass is 15.3. The summed E-state index contributed by atoms with van der Waals surface area (Å²) in [6.45, 7) is 8.74. The van der Waals surface area contributed by atoms with E-state index in [9.17, 15) is 5.26 Å². The van der Waals surface area contributed by atoms with Crippen molar-refractivity contribution in [3.8, 4) is 6.07 Å². The second-order valence-electron chi connectivity index (χ2n) is 6.12. The van der Waals surface area contributed by atoms with Gasteiger partial charge in [0.2, 0.25) is 0 Å². The van der Waals surface area contributed by atoms with E-state index in [0.717, 1.165) is 11.3 Å². The van der Waals surface area contributed by atoms with Gasteiger partial charge in [0.15, 0.2) is 0 Å². The summed E-state index contributed by atoms with van der Waals surface area (Å²) in [4.78, 5) is 0. The van der Waals surface area contributed by atoms with Gasteiger partial charge in [-0.15, -0.1) is 0 Å². The number of anilines is 1. The van der Waals surface area contributed by atoms with E-state index in [0.29, 0.717) is 17.9 Å². The number of benzene rings is 1. The van der Waals surface area contributed by atoms with Gasteiger partial charge in [-0.05, 0) is 12.5 Å². The average molecular weight is 268 g/mol. The number of hydrogen-bond acceptors (Lipinski definition) is 3. The van der Waals surface area contributed by atoms with E-state index in [4.69, 9.17) is 5.73 Å². The molecule has 4 heteroatoms. The quantitative estimate of drug-likeness (QED) is 0.910. The van der Waals surface area contributed by atoms with Crippen molar-refractivity contribution < 1.29 is 0 Å². The monoisotopic (exact) mass is 268 g/mol. The second kappa shape index (κ2) is 5.01. The third kappa shape index (κ3) is 2.67. The minimum Gasteiger partial charge on any atom is -0.383 e. The molecule has 2 N–H and O–H groups in total. The van der Waals surface area contributed by atoms with E-state index in [1.54, 1.807) is 4.68 Å². The molecule has 2 aromatic rings. The minimum atomic E-state index is -0.197. The lowest BCUT2D eigenvalue weighted by Crippen LogP contribution is -2.14. The highest BCUT2D eigenvalue weighted by Gasteiger charge is 2.25. The van der Waals surface area contributed by atoms with Crippen LogP contribution >= 0.6 is 0 Å². The largest absolute Gasteiger partial charge is 0.383 e. The van der Waals surface area contributed by atoms with Crippen LogP contribution in [0, 0.1) is 18.3 Å². The van der Waals surface area contributed by atoms with Crippen molar-refractivity contribution >= 4 is 5.82 Å². The summed E-state index contributed by atoms with van der Waals surface area (Å²) in [6.07, 6.45) is 0. The first kappa shape index (κ1) is 14.1. The van der Waals surface area contributed by atoms with Crippen LogP contribution in [0.2, 0.25) is 0 Å². The van der Waals surface area contributed by atoms with Crippen molar-refractivity contribution in [1.82, 2.24) is 9.78 Å². The Labute approximate surface area is 119 Å².